The molecule has 2 aromatic rings. The number of aryl methyl sites for hydroxylation is 1. The lowest BCUT2D eigenvalue weighted by Crippen LogP contribution is -2.39. The van der Waals surface area contributed by atoms with E-state index in [0.29, 0.717) is 19.1 Å². The van der Waals surface area contributed by atoms with E-state index in [1.165, 1.54) is 11.1 Å². The third kappa shape index (κ3) is 3.24. The molecule has 122 valence electrons. The van der Waals surface area contributed by atoms with Gasteiger partial charge in [0, 0.05) is 7.11 Å². The van der Waals surface area contributed by atoms with Crippen molar-refractivity contribution in [2.75, 3.05) is 19.0 Å². The van der Waals surface area contributed by atoms with E-state index < -0.39 is 5.41 Å². The smallest absolute Gasteiger partial charge is 0.249 e. The molecule has 23 heavy (non-hydrogen) atoms. The molecule has 0 radical (unpaired) electrons. The first-order chi connectivity index (χ1) is 11.1. The molecule has 0 saturated carbocycles. The maximum Gasteiger partial charge on any atom is 0.249 e. The van der Waals surface area contributed by atoms with Gasteiger partial charge in [-0.2, -0.15) is 0 Å². The van der Waals surface area contributed by atoms with Crippen LogP contribution in [0.15, 0.2) is 24.3 Å². The van der Waals surface area contributed by atoms with E-state index in [9.17, 15) is 4.79 Å². The molecule has 0 fully saturated rings. The highest BCUT2D eigenvalue weighted by atomic mass is 16.5. The standard InChI is InChI=1S/C16H21N5O2/c1-16(8-7-12-5-3-4-6-13(12)11-16)14(22)17-15-18-19-20-21(15)9-10-23-2/h3-6H,7-11H2,1-2H3,(H,17,18,20,22). The van der Waals surface area contributed by atoms with E-state index in [1.807, 2.05) is 19.1 Å². The molecule has 1 unspecified atom stereocenters. The third-order valence-corrected chi connectivity index (χ3v) is 4.46. The van der Waals surface area contributed by atoms with Gasteiger partial charge in [-0.3, -0.25) is 10.1 Å². The van der Waals surface area contributed by atoms with Crippen LogP contribution in [0.3, 0.4) is 0 Å². The van der Waals surface area contributed by atoms with Gasteiger partial charge in [-0.25, -0.2) is 4.68 Å². The van der Waals surface area contributed by atoms with E-state index in [2.05, 4.69) is 33.0 Å². The number of carbonyl (C=O) groups excluding carboxylic acids is 1. The lowest BCUT2D eigenvalue weighted by atomic mass is 9.72. The fourth-order valence-corrected chi connectivity index (χ4v) is 2.96. The number of carbonyl (C=O) groups is 1. The second-order valence-corrected chi connectivity index (χ2v) is 6.18. The second kappa shape index (κ2) is 6.45. The van der Waals surface area contributed by atoms with Gasteiger partial charge < -0.3 is 4.74 Å². The highest BCUT2D eigenvalue weighted by Crippen LogP contribution is 2.36. The zero-order chi connectivity index (χ0) is 16.3. The summed E-state index contributed by atoms with van der Waals surface area (Å²) in [5.41, 5.74) is 2.13. The molecule has 1 aromatic heterocycles. The van der Waals surface area contributed by atoms with E-state index >= 15 is 0 Å². The number of aromatic nitrogens is 4. The van der Waals surface area contributed by atoms with E-state index in [-0.39, 0.29) is 5.91 Å². The summed E-state index contributed by atoms with van der Waals surface area (Å²) in [4.78, 5) is 12.8. The SMILES string of the molecule is COCCn1nnnc1NC(=O)C1(C)CCc2ccccc2C1. The first-order valence-corrected chi connectivity index (χ1v) is 7.76. The summed E-state index contributed by atoms with van der Waals surface area (Å²) < 4.78 is 6.56. The Bertz CT molecular complexity index is 699. The summed E-state index contributed by atoms with van der Waals surface area (Å²) in [5, 5.41) is 14.3. The molecule has 1 amide bonds. The number of fused-ring (bicyclic) bond motifs is 1. The molecule has 1 aliphatic rings. The Morgan fingerprint density at radius 1 is 1.39 bits per heavy atom. The topological polar surface area (TPSA) is 81.9 Å². The van der Waals surface area contributed by atoms with Crippen LogP contribution in [-0.2, 0) is 28.9 Å². The largest absolute Gasteiger partial charge is 0.383 e. The van der Waals surface area contributed by atoms with Gasteiger partial charge in [-0.05, 0) is 40.8 Å². The van der Waals surface area contributed by atoms with Gasteiger partial charge in [0.05, 0.1) is 18.6 Å². The average Bonchev–Trinajstić information content (AvgIpc) is 2.99. The number of nitrogens with one attached hydrogen (secondary N) is 1. The van der Waals surface area contributed by atoms with E-state index in [4.69, 9.17) is 4.74 Å². The number of tetrazole rings is 1. The third-order valence-electron chi connectivity index (χ3n) is 4.46. The number of nitrogens with zero attached hydrogens (tertiary/aromatic N) is 4. The molecule has 0 bridgehead atoms. The van der Waals surface area contributed by atoms with Crippen molar-refractivity contribution >= 4 is 11.9 Å². The van der Waals surface area contributed by atoms with Crippen LogP contribution in [0.25, 0.3) is 0 Å². The minimum atomic E-state index is -0.452. The van der Waals surface area contributed by atoms with Gasteiger partial charge in [0.15, 0.2) is 0 Å². The first kappa shape index (κ1) is 15.6. The Hall–Kier alpha value is -2.28. The van der Waals surface area contributed by atoms with Crippen LogP contribution in [0.1, 0.15) is 24.5 Å². The quantitative estimate of drug-likeness (QED) is 0.903. The zero-order valence-electron chi connectivity index (χ0n) is 13.5. The van der Waals surface area contributed by atoms with Crippen LogP contribution in [0, 0.1) is 5.41 Å². The number of benzene rings is 1. The number of anilines is 1. The van der Waals surface area contributed by atoms with Gasteiger partial charge in [0.25, 0.3) is 0 Å². The van der Waals surface area contributed by atoms with E-state index in [1.54, 1.807) is 11.8 Å². The van der Waals surface area contributed by atoms with Crippen molar-refractivity contribution in [1.29, 1.82) is 0 Å². The van der Waals surface area contributed by atoms with Gasteiger partial charge in [0.2, 0.25) is 11.9 Å². The van der Waals surface area contributed by atoms with Gasteiger partial charge in [0.1, 0.15) is 0 Å². The van der Waals surface area contributed by atoms with Gasteiger partial charge in [-0.1, -0.05) is 36.3 Å². The summed E-state index contributed by atoms with van der Waals surface area (Å²) >= 11 is 0. The number of hydrogen-bond donors (Lipinski definition) is 1. The fourth-order valence-electron chi connectivity index (χ4n) is 2.96. The molecule has 3 rings (SSSR count). The number of rotatable bonds is 5. The van der Waals surface area contributed by atoms with Crippen molar-refractivity contribution < 1.29 is 9.53 Å². The maximum absolute atomic E-state index is 12.8. The highest BCUT2D eigenvalue weighted by molar-refractivity contribution is 5.94. The molecule has 7 heteroatoms. The predicted molar refractivity (Wildman–Crippen MR) is 84.9 cm³/mol. The lowest BCUT2D eigenvalue weighted by Gasteiger charge is -2.33. The number of hydrogen-bond acceptors (Lipinski definition) is 5. The molecule has 0 aliphatic heterocycles. The molecule has 0 saturated heterocycles. The van der Waals surface area contributed by atoms with Crippen molar-refractivity contribution in [2.24, 2.45) is 5.41 Å². The summed E-state index contributed by atoms with van der Waals surface area (Å²) in [6.45, 7) is 2.98. The van der Waals surface area contributed by atoms with Crippen molar-refractivity contribution in [3.05, 3.63) is 35.4 Å². The number of amides is 1. The van der Waals surface area contributed by atoms with Crippen LogP contribution in [0.4, 0.5) is 5.95 Å². The maximum atomic E-state index is 12.8. The van der Waals surface area contributed by atoms with Crippen LogP contribution in [0.5, 0.6) is 0 Å². The van der Waals surface area contributed by atoms with Crippen molar-refractivity contribution in [2.45, 2.75) is 32.7 Å². The molecule has 1 N–H and O–H groups in total. The monoisotopic (exact) mass is 315 g/mol. The van der Waals surface area contributed by atoms with E-state index in [0.717, 1.165) is 19.3 Å². The molecule has 0 spiro atoms. The van der Waals surface area contributed by atoms with Crippen LogP contribution < -0.4 is 5.32 Å². The van der Waals surface area contributed by atoms with Crippen LogP contribution >= 0.6 is 0 Å². The Labute approximate surface area is 135 Å². The summed E-state index contributed by atoms with van der Waals surface area (Å²) in [6, 6.07) is 8.31. The molecular formula is C16H21N5O2. The normalized spacial score (nSPS) is 20.1. The summed E-state index contributed by atoms with van der Waals surface area (Å²) in [5.74, 6) is 0.326. The first-order valence-electron chi connectivity index (χ1n) is 7.76. The van der Waals surface area contributed by atoms with Crippen LogP contribution in [-0.4, -0.2) is 39.8 Å². The molecule has 1 atom stereocenters. The van der Waals surface area contributed by atoms with Crippen LogP contribution in [0.2, 0.25) is 0 Å². The van der Waals surface area contributed by atoms with Gasteiger partial charge in [-0.15, -0.1) is 0 Å². The molecule has 7 nitrogen and oxygen atoms in total. The minimum Gasteiger partial charge on any atom is -0.383 e. The Balaban J connectivity index is 1.72. The number of methoxy groups -OCH3 is 1. The van der Waals surface area contributed by atoms with Crippen molar-refractivity contribution in [1.82, 2.24) is 20.2 Å². The second-order valence-electron chi connectivity index (χ2n) is 6.18. The Morgan fingerprint density at radius 2 is 2.17 bits per heavy atom. The molecule has 1 heterocycles. The Kier molecular flexibility index (Phi) is 4.38. The van der Waals surface area contributed by atoms with Crippen molar-refractivity contribution in [3.63, 3.8) is 0 Å². The minimum absolute atomic E-state index is 0.0412. The summed E-state index contributed by atoms with van der Waals surface area (Å²) in [6.07, 6.45) is 2.46. The highest BCUT2D eigenvalue weighted by Gasteiger charge is 2.37. The molecule has 1 aliphatic carbocycles. The lowest BCUT2D eigenvalue weighted by molar-refractivity contribution is -0.125. The molecular weight excluding hydrogens is 294 g/mol. The number of ether oxygens (including phenoxy) is 1. The fraction of sp³-hybridized carbons (Fsp3) is 0.500. The average molecular weight is 315 g/mol. The summed E-state index contributed by atoms with van der Waals surface area (Å²) in [7, 11) is 1.61. The molecule has 1 aromatic carbocycles. The predicted octanol–water partition coefficient (Wildman–Crippen LogP) is 1.45. The van der Waals surface area contributed by atoms with Crippen molar-refractivity contribution in [3.8, 4) is 0 Å². The Morgan fingerprint density at radius 3 is 2.96 bits per heavy atom. The van der Waals surface area contributed by atoms with Gasteiger partial charge >= 0.3 is 0 Å². The zero-order valence-corrected chi connectivity index (χ0v) is 13.5.